The summed E-state index contributed by atoms with van der Waals surface area (Å²) >= 11 is 0. The van der Waals surface area contributed by atoms with E-state index in [2.05, 4.69) is 10.4 Å². The summed E-state index contributed by atoms with van der Waals surface area (Å²) in [6.07, 6.45) is 6.36. The fourth-order valence-corrected chi connectivity index (χ4v) is 2.70. The van der Waals surface area contributed by atoms with Crippen LogP contribution in [-0.4, -0.2) is 21.6 Å². The minimum Gasteiger partial charge on any atom is -0.352 e. The molecule has 5 nitrogen and oxygen atoms in total. The Morgan fingerprint density at radius 2 is 2.37 bits per heavy atom. The highest BCUT2D eigenvalue weighted by Crippen LogP contribution is 2.24. The Balaban J connectivity index is 1.64. The zero-order chi connectivity index (χ0) is 13.2. The summed E-state index contributed by atoms with van der Waals surface area (Å²) in [7, 11) is 0. The summed E-state index contributed by atoms with van der Waals surface area (Å²) in [5.74, 6) is 0.195. The molecule has 0 aliphatic heterocycles. The highest BCUT2D eigenvalue weighted by Gasteiger charge is 2.27. The molecule has 0 unspecified atom stereocenters. The molecule has 2 atom stereocenters. The van der Waals surface area contributed by atoms with Gasteiger partial charge in [-0.05, 0) is 31.4 Å². The molecule has 1 aliphatic carbocycles. The maximum atomic E-state index is 12.0. The molecule has 0 aromatic carbocycles. The Morgan fingerprint density at radius 3 is 3.16 bits per heavy atom. The van der Waals surface area contributed by atoms with Crippen LogP contribution in [0.2, 0.25) is 0 Å². The van der Waals surface area contributed by atoms with Crippen molar-refractivity contribution in [1.29, 1.82) is 0 Å². The molecule has 19 heavy (non-hydrogen) atoms. The maximum absolute atomic E-state index is 12.0. The minimum atomic E-state index is 0.0804. The first-order valence-corrected chi connectivity index (χ1v) is 6.68. The molecule has 3 rings (SSSR count). The zero-order valence-electron chi connectivity index (χ0n) is 10.7. The lowest BCUT2D eigenvalue weighted by Crippen LogP contribution is -2.29. The van der Waals surface area contributed by atoms with Crippen LogP contribution in [0.1, 0.15) is 24.8 Å². The highest BCUT2D eigenvalue weighted by atomic mass is 16.1. The van der Waals surface area contributed by atoms with Crippen LogP contribution in [0.25, 0.3) is 5.52 Å². The van der Waals surface area contributed by atoms with E-state index in [-0.39, 0.29) is 17.9 Å². The highest BCUT2D eigenvalue weighted by molar-refractivity contribution is 5.79. The summed E-state index contributed by atoms with van der Waals surface area (Å²) in [6.45, 7) is 0.526. The molecule has 1 saturated carbocycles. The lowest BCUT2D eigenvalue weighted by molar-refractivity contribution is -0.125. The van der Waals surface area contributed by atoms with Crippen molar-refractivity contribution >= 4 is 11.4 Å². The molecule has 2 aromatic heterocycles. The summed E-state index contributed by atoms with van der Waals surface area (Å²) in [6, 6.07) is 6.09. The van der Waals surface area contributed by atoms with Crippen molar-refractivity contribution in [2.45, 2.75) is 31.8 Å². The van der Waals surface area contributed by atoms with E-state index in [0.717, 1.165) is 30.3 Å². The average Bonchev–Trinajstić information content (AvgIpc) is 3.02. The standard InChI is InChI=1S/C14H18N4O/c15-12-5-4-10(7-12)14(19)16-8-11-9-17-18-6-2-1-3-13(11)18/h1-3,6,9-10,12H,4-5,7-8,15H2,(H,16,19)/t10-,12+/m1/s1. The van der Waals surface area contributed by atoms with Gasteiger partial charge in [0.2, 0.25) is 5.91 Å². The van der Waals surface area contributed by atoms with Crippen LogP contribution in [-0.2, 0) is 11.3 Å². The number of fused-ring (bicyclic) bond motifs is 1. The van der Waals surface area contributed by atoms with E-state index in [0.29, 0.717) is 6.54 Å². The van der Waals surface area contributed by atoms with Gasteiger partial charge in [0.25, 0.3) is 0 Å². The third-order valence-corrected chi connectivity index (χ3v) is 3.80. The van der Waals surface area contributed by atoms with E-state index >= 15 is 0 Å². The molecule has 1 fully saturated rings. The Bertz CT molecular complexity index is 592. The smallest absolute Gasteiger partial charge is 0.223 e. The Morgan fingerprint density at radius 1 is 1.47 bits per heavy atom. The molecule has 1 aliphatic rings. The van der Waals surface area contributed by atoms with Crippen LogP contribution in [0, 0.1) is 5.92 Å². The second-order valence-corrected chi connectivity index (χ2v) is 5.19. The van der Waals surface area contributed by atoms with Gasteiger partial charge in [-0.3, -0.25) is 4.79 Å². The normalized spacial score (nSPS) is 22.8. The molecule has 5 heteroatoms. The molecule has 2 heterocycles. The van der Waals surface area contributed by atoms with Crippen LogP contribution >= 0.6 is 0 Å². The predicted octanol–water partition coefficient (Wildman–Crippen LogP) is 1.08. The van der Waals surface area contributed by atoms with Crippen molar-refractivity contribution in [3.63, 3.8) is 0 Å². The topological polar surface area (TPSA) is 72.4 Å². The molecule has 0 spiro atoms. The van der Waals surface area contributed by atoms with Gasteiger partial charge in [0.15, 0.2) is 0 Å². The first kappa shape index (κ1) is 12.2. The van der Waals surface area contributed by atoms with Gasteiger partial charge in [-0.1, -0.05) is 6.07 Å². The van der Waals surface area contributed by atoms with E-state index in [1.54, 1.807) is 6.20 Å². The van der Waals surface area contributed by atoms with E-state index in [4.69, 9.17) is 5.73 Å². The van der Waals surface area contributed by atoms with Gasteiger partial charge in [0, 0.05) is 30.3 Å². The van der Waals surface area contributed by atoms with Crippen molar-refractivity contribution in [2.24, 2.45) is 11.7 Å². The monoisotopic (exact) mass is 258 g/mol. The number of amides is 1. The molecule has 0 radical (unpaired) electrons. The molecule has 2 aromatic rings. The number of pyridine rings is 1. The number of nitrogens with zero attached hydrogens (tertiary/aromatic N) is 2. The van der Waals surface area contributed by atoms with Gasteiger partial charge in [-0.2, -0.15) is 5.10 Å². The van der Waals surface area contributed by atoms with Crippen LogP contribution in [0.4, 0.5) is 0 Å². The summed E-state index contributed by atoms with van der Waals surface area (Å²) < 4.78 is 1.81. The van der Waals surface area contributed by atoms with Crippen molar-refractivity contribution in [3.8, 4) is 0 Å². The second-order valence-electron chi connectivity index (χ2n) is 5.19. The molecular weight excluding hydrogens is 240 g/mol. The maximum Gasteiger partial charge on any atom is 0.223 e. The summed E-state index contributed by atoms with van der Waals surface area (Å²) in [4.78, 5) is 12.0. The van der Waals surface area contributed by atoms with E-state index in [9.17, 15) is 4.79 Å². The fraction of sp³-hybridized carbons (Fsp3) is 0.429. The number of hydrogen-bond donors (Lipinski definition) is 2. The average molecular weight is 258 g/mol. The van der Waals surface area contributed by atoms with E-state index < -0.39 is 0 Å². The van der Waals surface area contributed by atoms with Crippen LogP contribution in [0.5, 0.6) is 0 Å². The van der Waals surface area contributed by atoms with Gasteiger partial charge in [-0.25, -0.2) is 4.52 Å². The first-order valence-electron chi connectivity index (χ1n) is 6.68. The zero-order valence-corrected chi connectivity index (χ0v) is 10.7. The molecule has 1 amide bonds. The lowest BCUT2D eigenvalue weighted by Gasteiger charge is -2.10. The number of rotatable bonds is 3. The number of carbonyl (C=O) groups is 1. The fourth-order valence-electron chi connectivity index (χ4n) is 2.70. The third kappa shape index (κ3) is 2.46. The minimum absolute atomic E-state index is 0.0804. The van der Waals surface area contributed by atoms with Crippen molar-refractivity contribution in [2.75, 3.05) is 0 Å². The number of hydrogen-bond acceptors (Lipinski definition) is 3. The second kappa shape index (κ2) is 5.01. The van der Waals surface area contributed by atoms with Crippen molar-refractivity contribution in [1.82, 2.24) is 14.9 Å². The first-order chi connectivity index (χ1) is 9.24. The number of nitrogens with one attached hydrogen (secondary N) is 1. The Kier molecular flexibility index (Phi) is 3.21. The quantitative estimate of drug-likeness (QED) is 0.865. The van der Waals surface area contributed by atoms with Crippen molar-refractivity contribution < 1.29 is 4.79 Å². The summed E-state index contributed by atoms with van der Waals surface area (Å²) in [5.41, 5.74) is 7.91. The third-order valence-electron chi connectivity index (χ3n) is 3.80. The van der Waals surface area contributed by atoms with Crippen LogP contribution in [0.15, 0.2) is 30.6 Å². The largest absolute Gasteiger partial charge is 0.352 e. The van der Waals surface area contributed by atoms with Crippen LogP contribution < -0.4 is 11.1 Å². The molecule has 0 bridgehead atoms. The van der Waals surface area contributed by atoms with E-state index in [1.165, 1.54) is 0 Å². The van der Waals surface area contributed by atoms with Gasteiger partial charge in [-0.15, -0.1) is 0 Å². The molecule has 3 N–H and O–H groups in total. The number of carbonyl (C=O) groups excluding carboxylic acids is 1. The summed E-state index contributed by atoms with van der Waals surface area (Å²) in [5, 5.41) is 7.24. The van der Waals surface area contributed by atoms with Crippen molar-refractivity contribution in [3.05, 3.63) is 36.2 Å². The number of nitrogens with two attached hydrogens (primary N) is 1. The van der Waals surface area contributed by atoms with Gasteiger partial charge in [0.05, 0.1) is 11.7 Å². The van der Waals surface area contributed by atoms with Crippen LogP contribution in [0.3, 0.4) is 0 Å². The lowest BCUT2D eigenvalue weighted by atomic mass is 10.1. The van der Waals surface area contributed by atoms with Gasteiger partial charge < -0.3 is 11.1 Å². The Hall–Kier alpha value is -1.88. The van der Waals surface area contributed by atoms with Gasteiger partial charge in [0.1, 0.15) is 0 Å². The van der Waals surface area contributed by atoms with E-state index in [1.807, 2.05) is 28.9 Å². The van der Waals surface area contributed by atoms with Gasteiger partial charge >= 0.3 is 0 Å². The Labute approximate surface area is 111 Å². The molecule has 0 saturated heterocycles. The molecule has 100 valence electrons. The molecular formula is C14H18N4O. The predicted molar refractivity (Wildman–Crippen MR) is 72.4 cm³/mol. The SMILES string of the molecule is N[C@H]1CC[C@@H](C(=O)NCc2cnn3ccccc23)C1. The number of aromatic nitrogens is 2.